The summed E-state index contributed by atoms with van der Waals surface area (Å²) in [6.45, 7) is 0. The maximum atomic E-state index is 8.89. The van der Waals surface area contributed by atoms with Crippen LogP contribution in [0.4, 0.5) is 0 Å². The van der Waals surface area contributed by atoms with Crippen LogP contribution in [0.15, 0.2) is 54.6 Å². The molecule has 0 saturated carbocycles. The fraction of sp³-hybridized carbons (Fsp3) is 0.0625. The summed E-state index contributed by atoms with van der Waals surface area (Å²) in [6.07, 6.45) is 0. The van der Waals surface area contributed by atoms with Crippen LogP contribution in [0.25, 0.3) is 17.1 Å². The molecule has 1 heterocycles. The minimum Gasteiger partial charge on any atom is -0.268 e. The summed E-state index contributed by atoms with van der Waals surface area (Å²) in [7, 11) is 1.83. The molecule has 0 aliphatic heterocycles. The van der Waals surface area contributed by atoms with Crippen LogP contribution in [-0.4, -0.2) is 14.3 Å². The number of rotatable bonds is 2. The Balaban J connectivity index is 2.22. The molecule has 5 heteroatoms. The van der Waals surface area contributed by atoms with Crippen molar-refractivity contribution in [3.8, 4) is 23.1 Å². The van der Waals surface area contributed by atoms with E-state index in [1.807, 2.05) is 54.1 Å². The lowest BCUT2D eigenvalue weighted by atomic mass is 10.1. The summed E-state index contributed by atoms with van der Waals surface area (Å²) in [5.41, 5.74) is 2.51. The SMILES string of the molecule is Cn1nc(-c2ccc(C#N)cc2)n(-c2ccccc2)c1=S. The van der Waals surface area contributed by atoms with Gasteiger partial charge in [0.2, 0.25) is 4.77 Å². The van der Waals surface area contributed by atoms with Gasteiger partial charge < -0.3 is 0 Å². The predicted molar refractivity (Wildman–Crippen MR) is 83.5 cm³/mol. The van der Waals surface area contributed by atoms with E-state index in [1.165, 1.54) is 0 Å². The van der Waals surface area contributed by atoms with Crippen molar-refractivity contribution in [2.75, 3.05) is 0 Å². The standard InChI is InChI=1S/C16H12N4S/c1-19-16(21)20(14-5-3-2-4-6-14)15(18-19)13-9-7-12(11-17)8-10-13/h2-10H,1H3. The molecule has 0 aliphatic carbocycles. The van der Waals surface area contributed by atoms with Gasteiger partial charge in [0.15, 0.2) is 5.82 Å². The molecule has 0 spiro atoms. The van der Waals surface area contributed by atoms with Crippen LogP contribution in [0.5, 0.6) is 0 Å². The third-order valence-electron chi connectivity index (χ3n) is 3.21. The fourth-order valence-corrected chi connectivity index (χ4v) is 2.39. The molecule has 0 aliphatic rings. The van der Waals surface area contributed by atoms with Gasteiger partial charge in [-0.05, 0) is 48.6 Å². The number of nitriles is 1. The van der Waals surface area contributed by atoms with Crippen molar-refractivity contribution in [2.24, 2.45) is 7.05 Å². The van der Waals surface area contributed by atoms with Crippen molar-refractivity contribution in [1.29, 1.82) is 5.26 Å². The molecule has 21 heavy (non-hydrogen) atoms. The summed E-state index contributed by atoms with van der Waals surface area (Å²) in [5.74, 6) is 0.762. The quantitative estimate of drug-likeness (QED) is 0.679. The monoisotopic (exact) mass is 292 g/mol. The minimum atomic E-state index is 0.625. The Kier molecular flexibility index (Phi) is 3.38. The van der Waals surface area contributed by atoms with E-state index in [4.69, 9.17) is 17.5 Å². The zero-order valence-corrected chi connectivity index (χ0v) is 12.2. The largest absolute Gasteiger partial charge is 0.268 e. The Morgan fingerprint density at radius 3 is 2.33 bits per heavy atom. The summed E-state index contributed by atoms with van der Waals surface area (Å²) < 4.78 is 4.23. The summed E-state index contributed by atoms with van der Waals surface area (Å²) in [5, 5.41) is 13.4. The van der Waals surface area contributed by atoms with Crippen molar-refractivity contribution >= 4 is 12.2 Å². The minimum absolute atomic E-state index is 0.625. The summed E-state index contributed by atoms with van der Waals surface area (Å²) >= 11 is 5.46. The van der Waals surface area contributed by atoms with Crippen LogP contribution in [0.2, 0.25) is 0 Å². The number of hydrogen-bond acceptors (Lipinski definition) is 3. The van der Waals surface area contributed by atoms with E-state index in [1.54, 1.807) is 16.8 Å². The first kappa shape index (κ1) is 13.3. The van der Waals surface area contributed by atoms with E-state index in [9.17, 15) is 0 Å². The number of hydrogen-bond donors (Lipinski definition) is 0. The lowest BCUT2D eigenvalue weighted by Gasteiger charge is -2.06. The molecule has 0 unspecified atom stereocenters. The van der Waals surface area contributed by atoms with Gasteiger partial charge in [0.25, 0.3) is 0 Å². The molecule has 4 nitrogen and oxygen atoms in total. The summed E-state index contributed by atoms with van der Waals surface area (Å²) in [6, 6.07) is 19.3. The van der Waals surface area contributed by atoms with E-state index in [0.29, 0.717) is 10.3 Å². The third kappa shape index (κ3) is 2.37. The maximum Gasteiger partial charge on any atom is 0.202 e. The van der Waals surface area contributed by atoms with Crippen LogP contribution in [-0.2, 0) is 7.05 Å². The smallest absolute Gasteiger partial charge is 0.202 e. The van der Waals surface area contributed by atoms with Crippen LogP contribution in [0.3, 0.4) is 0 Å². The Bertz CT molecular complexity index is 867. The molecule has 3 rings (SSSR count). The lowest BCUT2D eigenvalue weighted by Crippen LogP contribution is -1.97. The van der Waals surface area contributed by atoms with Crippen molar-refractivity contribution in [3.05, 3.63) is 64.9 Å². The van der Waals surface area contributed by atoms with E-state index in [-0.39, 0.29) is 0 Å². The molecule has 0 atom stereocenters. The van der Waals surface area contributed by atoms with Gasteiger partial charge in [-0.1, -0.05) is 18.2 Å². The molecular weight excluding hydrogens is 280 g/mol. The van der Waals surface area contributed by atoms with Crippen LogP contribution < -0.4 is 0 Å². The molecular formula is C16H12N4S. The fourth-order valence-electron chi connectivity index (χ4n) is 2.16. The van der Waals surface area contributed by atoms with Gasteiger partial charge in [-0.2, -0.15) is 10.4 Å². The second-order valence-electron chi connectivity index (χ2n) is 4.59. The van der Waals surface area contributed by atoms with Crippen LogP contribution in [0.1, 0.15) is 5.56 Å². The van der Waals surface area contributed by atoms with Gasteiger partial charge in [0, 0.05) is 18.3 Å². The van der Waals surface area contributed by atoms with Crippen molar-refractivity contribution in [2.45, 2.75) is 0 Å². The topological polar surface area (TPSA) is 46.5 Å². The molecule has 0 N–H and O–H groups in total. The second-order valence-corrected chi connectivity index (χ2v) is 4.96. The molecule has 0 bridgehead atoms. The van der Waals surface area contributed by atoms with E-state index >= 15 is 0 Å². The highest BCUT2D eigenvalue weighted by molar-refractivity contribution is 7.71. The third-order valence-corrected chi connectivity index (χ3v) is 3.66. The zero-order valence-electron chi connectivity index (χ0n) is 11.4. The number of nitrogens with zero attached hydrogens (tertiary/aromatic N) is 4. The van der Waals surface area contributed by atoms with Crippen molar-refractivity contribution in [1.82, 2.24) is 14.3 Å². The molecule has 3 aromatic rings. The Morgan fingerprint density at radius 1 is 1.05 bits per heavy atom. The van der Waals surface area contributed by atoms with Gasteiger partial charge >= 0.3 is 0 Å². The average Bonchev–Trinajstić information content (AvgIpc) is 2.84. The average molecular weight is 292 g/mol. The number of aryl methyl sites for hydroxylation is 1. The molecule has 2 aromatic carbocycles. The molecule has 0 amide bonds. The van der Waals surface area contributed by atoms with Crippen molar-refractivity contribution in [3.63, 3.8) is 0 Å². The highest BCUT2D eigenvalue weighted by Crippen LogP contribution is 2.22. The second kappa shape index (κ2) is 5.35. The zero-order chi connectivity index (χ0) is 14.8. The normalized spacial score (nSPS) is 10.3. The Labute approximate surface area is 127 Å². The first-order chi connectivity index (χ1) is 10.2. The molecule has 1 aromatic heterocycles. The van der Waals surface area contributed by atoms with E-state index in [0.717, 1.165) is 17.1 Å². The Hall–Kier alpha value is -2.71. The highest BCUT2D eigenvalue weighted by atomic mass is 32.1. The molecule has 0 radical (unpaired) electrons. The number of aromatic nitrogens is 3. The van der Waals surface area contributed by atoms with Crippen LogP contribution in [0, 0.1) is 16.1 Å². The lowest BCUT2D eigenvalue weighted by molar-refractivity contribution is 0.750. The van der Waals surface area contributed by atoms with Gasteiger partial charge in [-0.3, -0.25) is 4.57 Å². The van der Waals surface area contributed by atoms with Crippen LogP contribution >= 0.6 is 12.2 Å². The van der Waals surface area contributed by atoms with Gasteiger partial charge in [-0.15, -0.1) is 0 Å². The Morgan fingerprint density at radius 2 is 1.71 bits per heavy atom. The first-order valence-electron chi connectivity index (χ1n) is 6.43. The molecule has 102 valence electrons. The van der Waals surface area contributed by atoms with E-state index < -0.39 is 0 Å². The van der Waals surface area contributed by atoms with Gasteiger partial charge in [-0.25, -0.2) is 4.68 Å². The van der Waals surface area contributed by atoms with E-state index in [2.05, 4.69) is 11.2 Å². The predicted octanol–water partition coefficient (Wildman–Crippen LogP) is 3.48. The highest BCUT2D eigenvalue weighted by Gasteiger charge is 2.12. The maximum absolute atomic E-state index is 8.89. The van der Waals surface area contributed by atoms with Gasteiger partial charge in [0.1, 0.15) is 0 Å². The molecule has 0 fully saturated rings. The molecule has 0 saturated heterocycles. The van der Waals surface area contributed by atoms with Gasteiger partial charge in [0.05, 0.1) is 11.6 Å². The first-order valence-corrected chi connectivity index (χ1v) is 6.83. The number of benzene rings is 2. The summed E-state index contributed by atoms with van der Waals surface area (Å²) in [4.78, 5) is 0. The van der Waals surface area contributed by atoms with Crippen molar-refractivity contribution < 1.29 is 0 Å². The number of para-hydroxylation sites is 1.